The van der Waals surface area contributed by atoms with Gasteiger partial charge in [0.2, 0.25) is 0 Å². The predicted molar refractivity (Wildman–Crippen MR) is 29.6 cm³/mol. The monoisotopic (exact) mass is 108 g/mol. The number of hydrogen-bond acceptors (Lipinski definition) is 0. The van der Waals surface area contributed by atoms with Gasteiger partial charge in [-0.2, -0.15) is 0 Å². The van der Waals surface area contributed by atoms with Crippen molar-refractivity contribution in [3.8, 4) is 0 Å². The first-order valence-electron chi connectivity index (χ1n) is 3.02. The third-order valence-electron chi connectivity index (χ3n) is 1.99. The van der Waals surface area contributed by atoms with Crippen LogP contribution in [-0.2, 0) is 0 Å². The molecule has 8 heavy (non-hydrogen) atoms. The second-order valence-electron chi connectivity index (χ2n) is 2.50. The summed E-state index contributed by atoms with van der Waals surface area (Å²) < 4.78 is 1.44. The first-order valence-corrected chi connectivity index (χ1v) is 3.02. The van der Waals surface area contributed by atoms with Crippen LogP contribution in [0.15, 0.2) is 12.2 Å². The summed E-state index contributed by atoms with van der Waals surface area (Å²) in [5.74, 6) is 0. The lowest BCUT2D eigenvalue weighted by Gasteiger charge is -2.36. The first kappa shape index (κ1) is 4.24. The van der Waals surface area contributed by atoms with Gasteiger partial charge in [0.25, 0.3) is 0 Å². The Morgan fingerprint density at radius 3 is 2.75 bits per heavy atom. The third kappa shape index (κ3) is 0.335. The van der Waals surface area contributed by atoms with Crippen LogP contribution in [0.2, 0.25) is 0 Å². The average Bonchev–Trinajstić information content (AvgIpc) is 1.89. The standard InChI is InChI=1S/C6H8N2/c7-8-5-2-1-3-6(8)4-5/h1-2,5-6H,3-4H2. The predicted octanol–water partition coefficient (Wildman–Crippen LogP) is 1.12. The molecule has 2 heterocycles. The Labute approximate surface area is 48.3 Å². The molecule has 0 aromatic rings. The highest BCUT2D eigenvalue weighted by Crippen LogP contribution is 2.28. The molecule has 0 aromatic heterocycles. The van der Waals surface area contributed by atoms with E-state index < -0.39 is 0 Å². The highest BCUT2D eigenvalue weighted by molar-refractivity contribution is 5.02. The van der Waals surface area contributed by atoms with E-state index in [1.165, 1.54) is 4.70 Å². The van der Waals surface area contributed by atoms with Crippen LogP contribution in [-0.4, -0.2) is 16.8 Å². The maximum absolute atomic E-state index is 9.01. The van der Waals surface area contributed by atoms with Crippen molar-refractivity contribution in [2.24, 2.45) is 0 Å². The van der Waals surface area contributed by atoms with Gasteiger partial charge in [0.15, 0.2) is 12.1 Å². The van der Waals surface area contributed by atoms with E-state index in [-0.39, 0.29) is 0 Å². The number of hydrogen-bond donors (Lipinski definition) is 0. The smallest absolute Gasteiger partial charge is 0.166 e. The number of rotatable bonds is 0. The molecule has 1 saturated heterocycles. The SMILES string of the molecule is [N-]=[N+]1C2C=CCC1C2. The fourth-order valence-corrected chi connectivity index (χ4v) is 1.39. The highest BCUT2D eigenvalue weighted by atomic mass is 15.3. The highest BCUT2D eigenvalue weighted by Gasteiger charge is 2.38. The van der Waals surface area contributed by atoms with Gasteiger partial charge in [0.1, 0.15) is 0 Å². The van der Waals surface area contributed by atoms with Crippen LogP contribution in [0, 0.1) is 0 Å². The largest absolute Gasteiger partial charge is 0.506 e. The first-order chi connectivity index (χ1) is 3.88. The molecule has 0 amide bonds. The van der Waals surface area contributed by atoms with Gasteiger partial charge in [-0.15, -0.1) is 0 Å². The summed E-state index contributed by atoms with van der Waals surface area (Å²) in [5.41, 5.74) is 9.01. The topological polar surface area (TPSA) is 25.3 Å². The second-order valence-corrected chi connectivity index (χ2v) is 2.50. The Hall–Kier alpha value is -0.660. The van der Waals surface area contributed by atoms with Gasteiger partial charge in [-0.3, -0.25) is 0 Å². The van der Waals surface area contributed by atoms with E-state index in [9.17, 15) is 0 Å². The second kappa shape index (κ2) is 1.19. The molecule has 0 aromatic carbocycles. The lowest BCUT2D eigenvalue weighted by Crippen LogP contribution is -2.47. The number of nitrogens with zero attached hydrogens (tertiary/aromatic N) is 2. The van der Waals surface area contributed by atoms with E-state index in [0.29, 0.717) is 12.1 Å². The van der Waals surface area contributed by atoms with Crippen molar-refractivity contribution in [2.75, 3.05) is 0 Å². The summed E-state index contributed by atoms with van der Waals surface area (Å²) in [6.45, 7) is 0. The van der Waals surface area contributed by atoms with Gasteiger partial charge in [-0.05, 0) is 6.08 Å². The van der Waals surface area contributed by atoms with Crippen LogP contribution >= 0.6 is 0 Å². The van der Waals surface area contributed by atoms with Crippen molar-refractivity contribution >= 4 is 0 Å². The van der Waals surface area contributed by atoms with Crippen LogP contribution in [0.3, 0.4) is 0 Å². The van der Waals surface area contributed by atoms with Crippen LogP contribution in [0.4, 0.5) is 0 Å². The lowest BCUT2D eigenvalue weighted by atomic mass is 9.88. The van der Waals surface area contributed by atoms with Crippen molar-refractivity contribution in [2.45, 2.75) is 24.9 Å². The Bertz CT molecular complexity index is 160. The summed E-state index contributed by atoms with van der Waals surface area (Å²) in [4.78, 5) is 0. The van der Waals surface area contributed by atoms with Gasteiger partial charge in [0, 0.05) is 6.42 Å². The van der Waals surface area contributed by atoms with Crippen molar-refractivity contribution in [3.05, 3.63) is 17.7 Å². The van der Waals surface area contributed by atoms with E-state index >= 15 is 0 Å². The van der Waals surface area contributed by atoms with E-state index in [1.54, 1.807) is 0 Å². The summed E-state index contributed by atoms with van der Waals surface area (Å²) in [5, 5.41) is 0. The summed E-state index contributed by atoms with van der Waals surface area (Å²) in [7, 11) is 0. The van der Waals surface area contributed by atoms with Crippen LogP contribution in [0.25, 0.3) is 5.53 Å². The van der Waals surface area contributed by atoms with E-state index in [2.05, 4.69) is 12.2 Å². The molecule has 1 aliphatic carbocycles. The Morgan fingerprint density at radius 2 is 2.50 bits per heavy atom. The molecule has 0 radical (unpaired) electrons. The normalized spacial score (nSPS) is 41.8. The number of fused-ring (bicyclic) bond motifs is 1. The molecule has 3 rings (SSSR count). The minimum Gasteiger partial charge on any atom is -0.506 e. The Balaban J connectivity index is 2.30. The van der Waals surface area contributed by atoms with Gasteiger partial charge in [0.05, 0.1) is 6.42 Å². The molecule has 2 bridgehead atoms. The van der Waals surface area contributed by atoms with E-state index in [0.717, 1.165) is 12.8 Å². The average molecular weight is 108 g/mol. The molecular weight excluding hydrogens is 100 g/mol. The van der Waals surface area contributed by atoms with Crippen LogP contribution in [0.1, 0.15) is 12.8 Å². The molecule has 2 nitrogen and oxygen atoms in total. The zero-order chi connectivity index (χ0) is 5.56. The Morgan fingerprint density at radius 1 is 1.62 bits per heavy atom. The molecule has 0 N–H and O–H groups in total. The Kier molecular flexibility index (Phi) is 0.629. The molecule has 2 aliphatic heterocycles. The molecule has 3 aliphatic rings. The summed E-state index contributed by atoms with van der Waals surface area (Å²) in [6, 6.07) is 0.804. The van der Waals surface area contributed by atoms with E-state index in [1.807, 2.05) is 0 Å². The van der Waals surface area contributed by atoms with Crippen molar-refractivity contribution in [3.63, 3.8) is 0 Å². The molecular formula is C6H8N2. The quantitative estimate of drug-likeness (QED) is 0.328. The van der Waals surface area contributed by atoms with Crippen molar-refractivity contribution in [1.29, 1.82) is 0 Å². The fourth-order valence-electron chi connectivity index (χ4n) is 1.39. The molecule has 42 valence electrons. The molecule has 1 fully saturated rings. The van der Waals surface area contributed by atoms with Crippen LogP contribution < -0.4 is 0 Å². The maximum atomic E-state index is 9.01. The van der Waals surface area contributed by atoms with E-state index in [4.69, 9.17) is 5.53 Å². The van der Waals surface area contributed by atoms with Crippen molar-refractivity contribution in [1.82, 2.24) is 0 Å². The van der Waals surface area contributed by atoms with Gasteiger partial charge < -0.3 is 10.2 Å². The third-order valence-corrected chi connectivity index (χ3v) is 1.99. The minimum absolute atomic E-state index is 0.355. The molecule has 0 saturated carbocycles. The maximum Gasteiger partial charge on any atom is 0.166 e. The summed E-state index contributed by atoms with van der Waals surface area (Å²) >= 11 is 0. The summed E-state index contributed by atoms with van der Waals surface area (Å²) in [6.07, 6.45) is 6.41. The van der Waals surface area contributed by atoms with Gasteiger partial charge in [-0.1, -0.05) is 6.08 Å². The fraction of sp³-hybridized carbons (Fsp3) is 0.667. The van der Waals surface area contributed by atoms with Crippen molar-refractivity contribution < 1.29 is 4.70 Å². The molecule has 2 unspecified atom stereocenters. The van der Waals surface area contributed by atoms with Crippen LogP contribution in [0.5, 0.6) is 0 Å². The van der Waals surface area contributed by atoms with Gasteiger partial charge in [-0.25, -0.2) is 0 Å². The molecule has 2 atom stereocenters. The zero-order valence-corrected chi connectivity index (χ0v) is 4.62. The lowest BCUT2D eigenvalue weighted by molar-refractivity contribution is -0.673. The molecule has 0 spiro atoms. The minimum atomic E-state index is 0.355. The zero-order valence-electron chi connectivity index (χ0n) is 4.62. The van der Waals surface area contributed by atoms with Gasteiger partial charge >= 0.3 is 0 Å². The molecule has 2 heteroatoms.